The van der Waals surface area contributed by atoms with E-state index < -0.39 is 0 Å². The van der Waals surface area contributed by atoms with Crippen LogP contribution in [-0.4, -0.2) is 12.6 Å². The van der Waals surface area contributed by atoms with Crippen molar-refractivity contribution in [1.82, 2.24) is 0 Å². The van der Waals surface area contributed by atoms with Gasteiger partial charge in [0.25, 0.3) is 0 Å². The van der Waals surface area contributed by atoms with E-state index in [0.29, 0.717) is 18.4 Å². The molecular weight excluding hydrogens is 92.1 g/mol. The predicted molar refractivity (Wildman–Crippen MR) is 22.6 cm³/mol. The molecule has 1 saturated carbocycles. The molecular formula is C5H6O2. The van der Waals surface area contributed by atoms with Crippen molar-refractivity contribution in [2.45, 2.75) is 6.42 Å². The minimum atomic E-state index is 0.0324. The molecule has 1 aliphatic heterocycles. The van der Waals surface area contributed by atoms with Crippen LogP contribution >= 0.6 is 0 Å². The minimum Gasteiger partial charge on any atom is -0.465 e. The van der Waals surface area contributed by atoms with E-state index in [2.05, 4.69) is 4.74 Å². The predicted octanol–water partition coefficient (Wildman–Crippen LogP) is 0.179. The Morgan fingerprint density at radius 3 is 2.71 bits per heavy atom. The summed E-state index contributed by atoms with van der Waals surface area (Å²) in [6, 6.07) is 0. The molecule has 2 rings (SSSR count). The Labute approximate surface area is 41.5 Å². The summed E-state index contributed by atoms with van der Waals surface area (Å²) in [5.41, 5.74) is 0. The van der Waals surface area contributed by atoms with Crippen LogP contribution in [0.5, 0.6) is 0 Å². The van der Waals surface area contributed by atoms with E-state index in [1.165, 1.54) is 0 Å². The van der Waals surface area contributed by atoms with E-state index >= 15 is 0 Å². The quantitative estimate of drug-likeness (QED) is 0.404. The number of esters is 1. The van der Waals surface area contributed by atoms with E-state index in [4.69, 9.17) is 0 Å². The molecule has 2 heteroatoms. The van der Waals surface area contributed by atoms with E-state index in [9.17, 15) is 4.79 Å². The molecule has 1 heterocycles. The largest absolute Gasteiger partial charge is 0.465 e. The Balaban J connectivity index is 2.21. The van der Waals surface area contributed by atoms with Crippen LogP contribution in [0.15, 0.2) is 0 Å². The molecule has 38 valence electrons. The summed E-state index contributed by atoms with van der Waals surface area (Å²) >= 11 is 0. The van der Waals surface area contributed by atoms with Crippen molar-refractivity contribution in [3.8, 4) is 0 Å². The maximum absolute atomic E-state index is 10.4. The summed E-state index contributed by atoms with van der Waals surface area (Å²) in [6.07, 6.45) is 1.10. The summed E-state index contributed by atoms with van der Waals surface area (Å²) in [6.45, 7) is 0.698. The summed E-state index contributed by atoms with van der Waals surface area (Å²) < 4.78 is 4.68. The fourth-order valence-corrected chi connectivity index (χ4v) is 1.02. The Bertz CT molecular complexity index is 119. The third kappa shape index (κ3) is 0.315. The third-order valence-electron chi connectivity index (χ3n) is 1.67. The first kappa shape index (κ1) is 3.47. The van der Waals surface area contributed by atoms with Crippen LogP contribution in [0.4, 0.5) is 0 Å². The van der Waals surface area contributed by atoms with Crippen LogP contribution in [0.3, 0.4) is 0 Å². The maximum atomic E-state index is 10.4. The smallest absolute Gasteiger partial charge is 0.309 e. The van der Waals surface area contributed by atoms with Gasteiger partial charge in [0.15, 0.2) is 0 Å². The second-order valence-corrected chi connectivity index (χ2v) is 2.23. The zero-order chi connectivity index (χ0) is 4.85. The molecule has 0 aromatic rings. The first-order chi connectivity index (χ1) is 3.38. The molecule has 1 saturated heterocycles. The highest BCUT2D eigenvalue weighted by atomic mass is 16.5. The highest BCUT2D eigenvalue weighted by Gasteiger charge is 2.50. The molecule has 0 amide bonds. The van der Waals surface area contributed by atoms with E-state index in [1.807, 2.05) is 0 Å². The summed E-state index contributed by atoms with van der Waals surface area (Å²) in [4.78, 5) is 10.4. The van der Waals surface area contributed by atoms with Crippen LogP contribution in [0.2, 0.25) is 0 Å². The Kier molecular flexibility index (Phi) is 0.412. The minimum absolute atomic E-state index is 0.0324. The van der Waals surface area contributed by atoms with Crippen molar-refractivity contribution in [3.63, 3.8) is 0 Å². The lowest BCUT2D eigenvalue weighted by Crippen LogP contribution is -1.97. The van der Waals surface area contributed by atoms with Gasteiger partial charge < -0.3 is 4.74 Å². The van der Waals surface area contributed by atoms with Crippen molar-refractivity contribution in [2.75, 3.05) is 6.61 Å². The monoisotopic (exact) mass is 98.0 g/mol. The number of carbonyl (C=O) groups is 1. The standard InChI is InChI=1S/C5H6O2/c6-5-4-1-3(4)2-7-5/h3-4H,1-2H2/t3-,4-/m0/s1. The van der Waals surface area contributed by atoms with Crippen LogP contribution in [0.1, 0.15) is 6.42 Å². The van der Waals surface area contributed by atoms with Gasteiger partial charge in [-0.15, -0.1) is 0 Å². The van der Waals surface area contributed by atoms with Gasteiger partial charge in [-0.25, -0.2) is 0 Å². The molecule has 0 spiro atoms. The fourth-order valence-electron chi connectivity index (χ4n) is 1.02. The van der Waals surface area contributed by atoms with Crippen molar-refractivity contribution in [2.24, 2.45) is 11.8 Å². The van der Waals surface area contributed by atoms with Crippen molar-refractivity contribution < 1.29 is 9.53 Å². The number of hydrogen-bond donors (Lipinski definition) is 0. The molecule has 2 fully saturated rings. The van der Waals surface area contributed by atoms with Gasteiger partial charge in [-0.2, -0.15) is 0 Å². The fraction of sp³-hybridized carbons (Fsp3) is 0.800. The van der Waals surface area contributed by atoms with E-state index in [-0.39, 0.29) is 5.97 Å². The number of rotatable bonds is 0. The Morgan fingerprint density at radius 1 is 1.71 bits per heavy atom. The SMILES string of the molecule is O=C1OC[C@@H]2C[C@H]12. The Hall–Kier alpha value is -0.530. The lowest BCUT2D eigenvalue weighted by atomic mass is 10.4. The van der Waals surface area contributed by atoms with Gasteiger partial charge in [-0.05, 0) is 6.42 Å². The molecule has 0 unspecified atom stereocenters. The number of hydrogen-bond acceptors (Lipinski definition) is 2. The van der Waals surface area contributed by atoms with Crippen molar-refractivity contribution >= 4 is 5.97 Å². The van der Waals surface area contributed by atoms with Gasteiger partial charge in [0.05, 0.1) is 12.5 Å². The van der Waals surface area contributed by atoms with Gasteiger partial charge in [-0.1, -0.05) is 0 Å². The lowest BCUT2D eigenvalue weighted by Gasteiger charge is -1.89. The van der Waals surface area contributed by atoms with Gasteiger partial charge >= 0.3 is 5.97 Å². The average molecular weight is 98.1 g/mol. The van der Waals surface area contributed by atoms with E-state index in [1.54, 1.807) is 0 Å². The zero-order valence-electron chi connectivity index (χ0n) is 3.89. The molecule has 2 nitrogen and oxygen atoms in total. The molecule has 0 N–H and O–H groups in total. The number of fused-ring (bicyclic) bond motifs is 1. The second kappa shape index (κ2) is 0.831. The second-order valence-electron chi connectivity index (χ2n) is 2.23. The first-order valence-electron chi connectivity index (χ1n) is 2.54. The molecule has 2 atom stereocenters. The van der Waals surface area contributed by atoms with Crippen LogP contribution < -0.4 is 0 Å². The van der Waals surface area contributed by atoms with Gasteiger partial charge in [0.1, 0.15) is 0 Å². The highest BCUT2D eigenvalue weighted by molar-refractivity contribution is 5.78. The summed E-state index contributed by atoms with van der Waals surface area (Å²) in [5, 5.41) is 0. The average Bonchev–Trinajstić information content (AvgIpc) is 2.33. The number of cyclic esters (lactones) is 1. The molecule has 2 aliphatic rings. The summed E-state index contributed by atoms with van der Waals surface area (Å²) in [5.74, 6) is 0.970. The molecule has 0 aromatic carbocycles. The highest BCUT2D eigenvalue weighted by Crippen LogP contribution is 2.44. The Morgan fingerprint density at radius 2 is 2.57 bits per heavy atom. The van der Waals surface area contributed by atoms with Crippen molar-refractivity contribution in [1.29, 1.82) is 0 Å². The van der Waals surface area contributed by atoms with Crippen LogP contribution in [0.25, 0.3) is 0 Å². The lowest BCUT2D eigenvalue weighted by molar-refractivity contribution is -0.140. The number of ether oxygens (including phenoxy) is 1. The van der Waals surface area contributed by atoms with E-state index in [0.717, 1.165) is 6.42 Å². The molecule has 0 radical (unpaired) electrons. The zero-order valence-corrected chi connectivity index (χ0v) is 3.89. The first-order valence-corrected chi connectivity index (χ1v) is 2.54. The van der Waals surface area contributed by atoms with Gasteiger partial charge in [0, 0.05) is 5.92 Å². The normalized spacial score (nSPS) is 45.4. The van der Waals surface area contributed by atoms with Crippen LogP contribution in [0, 0.1) is 11.8 Å². The van der Waals surface area contributed by atoms with Gasteiger partial charge in [0.2, 0.25) is 0 Å². The maximum Gasteiger partial charge on any atom is 0.309 e. The summed E-state index contributed by atoms with van der Waals surface area (Å²) in [7, 11) is 0. The van der Waals surface area contributed by atoms with Crippen LogP contribution in [-0.2, 0) is 9.53 Å². The molecule has 0 aromatic heterocycles. The topological polar surface area (TPSA) is 26.3 Å². The van der Waals surface area contributed by atoms with Gasteiger partial charge in [-0.3, -0.25) is 4.79 Å². The van der Waals surface area contributed by atoms with Crippen molar-refractivity contribution in [3.05, 3.63) is 0 Å². The third-order valence-corrected chi connectivity index (χ3v) is 1.67. The molecule has 1 aliphatic carbocycles. The molecule has 7 heavy (non-hydrogen) atoms. The molecule has 0 bridgehead atoms. The number of carbonyl (C=O) groups excluding carboxylic acids is 1.